The molecule has 0 aliphatic carbocycles. The molecule has 0 aliphatic rings. The van der Waals surface area contributed by atoms with E-state index in [0.29, 0.717) is 0 Å². The Balaban J connectivity index is 0.000000791. The fourth-order valence-corrected chi connectivity index (χ4v) is 1.21. The van der Waals surface area contributed by atoms with Crippen LogP contribution in [-0.2, 0) is 6.42 Å². The van der Waals surface area contributed by atoms with E-state index in [9.17, 15) is 0 Å². The van der Waals surface area contributed by atoms with Crippen LogP contribution in [0.25, 0.3) is 0 Å². The van der Waals surface area contributed by atoms with Gasteiger partial charge in [0, 0.05) is 0 Å². The van der Waals surface area contributed by atoms with E-state index in [1.165, 1.54) is 18.4 Å². The Bertz CT molecular complexity index is 230. The highest BCUT2D eigenvalue weighted by Gasteiger charge is 1.94. The summed E-state index contributed by atoms with van der Waals surface area (Å²) in [4.78, 5) is 0. The molecule has 1 aromatic carbocycles. The Kier molecular flexibility index (Phi) is 8.01. The van der Waals surface area contributed by atoms with Crippen molar-refractivity contribution in [3.63, 3.8) is 0 Å². The number of rotatable bonds is 4. The van der Waals surface area contributed by atoms with E-state index in [1.807, 2.05) is 26.0 Å². The Labute approximate surface area is 88.1 Å². The van der Waals surface area contributed by atoms with Crippen molar-refractivity contribution in [2.24, 2.45) is 0 Å². The zero-order valence-corrected chi connectivity index (χ0v) is 9.84. The number of ether oxygens (including phenoxy) is 1. The van der Waals surface area contributed by atoms with E-state index >= 15 is 0 Å². The Morgan fingerprint density at radius 1 is 1.21 bits per heavy atom. The number of hydrogen-bond donors (Lipinski definition) is 0. The molecular weight excluding hydrogens is 172 g/mol. The third-order valence-corrected chi connectivity index (χ3v) is 1.95. The number of benzene rings is 1. The highest BCUT2D eigenvalue weighted by Crippen LogP contribution is 2.14. The van der Waals surface area contributed by atoms with Gasteiger partial charge in [0.15, 0.2) is 0 Å². The third kappa shape index (κ3) is 4.90. The highest BCUT2D eigenvalue weighted by atomic mass is 16.5. The van der Waals surface area contributed by atoms with Gasteiger partial charge in [0.05, 0.1) is 7.11 Å². The summed E-state index contributed by atoms with van der Waals surface area (Å²) < 4.78 is 5.13. The lowest BCUT2D eigenvalue weighted by Gasteiger charge is -2.02. The van der Waals surface area contributed by atoms with Gasteiger partial charge in [-0.05, 0) is 30.5 Å². The van der Waals surface area contributed by atoms with Crippen LogP contribution in [0.3, 0.4) is 0 Å². The van der Waals surface area contributed by atoms with Crippen molar-refractivity contribution >= 4 is 0 Å². The third-order valence-electron chi connectivity index (χ3n) is 1.95. The molecule has 0 amide bonds. The maximum atomic E-state index is 5.13. The van der Waals surface area contributed by atoms with E-state index < -0.39 is 0 Å². The van der Waals surface area contributed by atoms with Crippen molar-refractivity contribution in [3.05, 3.63) is 29.8 Å². The van der Waals surface area contributed by atoms with Crippen LogP contribution in [0.5, 0.6) is 5.75 Å². The summed E-state index contributed by atoms with van der Waals surface area (Å²) in [7, 11) is 1.71. The van der Waals surface area contributed by atoms with Gasteiger partial charge in [-0.15, -0.1) is 0 Å². The molecule has 0 aromatic heterocycles. The lowest BCUT2D eigenvalue weighted by molar-refractivity contribution is 0.414. The van der Waals surface area contributed by atoms with Gasteiger partial charge in [-0.25, -0.2) is 0 Å². The van der Waals surface area contributed by atoms with Gasteiger partial charge < -0.3 is 4.74 Å². The van der Waals surface area contributed by atoms with Crippen molar-refractivity contribution in [3.8, 4) is 5.75 Å². The molecule has 0 fully saturated rings. The average Bonchev–Trinajstić information content (AvgIpc) is 2.29. The molecule has 0 atom stereocenters. The van der Waals surface area contributed by atoms with E-state index in [0.717, 1.165) is 12.2 Å². The molecular formula is C13H22O. The molecule has 14 heavy (non-hydrogen) atoms. The minimum absolute atomic E-state index is 0.962. The number of hydrogen-bond acceptors (Lipinski definition) is 1. The summed E-state index contributed by atoms with van der Waals surface area (Å²) in [6.45, 7) is 6.21. The minimum Gasteiger partial charge on any atom is -0.497 e. The van der Waals surface area contributed by atoms with Crippen LogP contribution in [0, 0.1) is 0 Å². The molecule has 0 radical (unpaired) electrons. The predicted octanol–water partition coefficient (Wildman–Crippen LogP) is 4.06. The fourth-order valence-electron chi connectivity index (χ4n) is 1.21. The van der Waals surface area contributed by atoms with Crippen LogP contribution in [-0.4, -0.2) is 7.11 Å². The van der Waals surface area contributed by atoms with Crippen LogP contribution < -0.4 is 4.74 Å². The molecule has 1 rings (SSSR count). The molecule has 80 valence electrons. The molecule has 0 N–H and O–H groups in total. The normalized spacial score (nSPS) is 8.86. The molecule has 0 bridgehead atoms. The van der Waals surface area contributed by atoms with Crippen molar-refractivity contribution in [2.45, 2.75) is 40.0 Å². The van der Waals surface area contributed by atoms with Crippen LogP contribution in [0.4, 0.5) is 0 Å². The first-order valence-electron chi connectivity index (χ1n) is 5.49. The Hall–Kier alpha value is -0.980. The first-order valence-corrected chi connectivity index (χ1v) is 5.49. The van der Waals surface area contributed by atoms with Crippen LogP contribution in [0.1, 0.15) is 39.2 Å². The van der Waals surface area contributed by atoms with Gasteiger partial charge in [0.2, 0.25) is 0 Å². The molecule has 0 unspecified atom stereocenters. The van der Waals surface area contributed by atoms with Gasteiger partial charge in [-0.3, -0.25) is 0 Å². The van der Waals surface area contributed by atoms with E-state index in [-0.39, 0.29) is 0 Å². The molecule has 1 heteroatoms. The summed E-state index contributed by atoms with van der Waals surface area (Å²) in [5.74, 6) is 0.962. The van der Waals surface area contributed by atoms with Crippen LogP contribution in [0.15, 0.2) is 24.3 Å². The molecule has 0 saturated heterocycles. The van der Waals surface area contributed by atoms with Crippen LogP contribution >= 0.6 is 0 Å². The van der Waals surface area contributed by atoms with Gasteiger partial charge >= 0.3 is 0 Å². The van der Waals surface area contributed by atoms with Gasteiger partial charge in [0.1, 0.15) is 5.75 Å². The summed E-state index contributed by atoms with van der Waals surface area (Å²) in [6.07, 6.45) is 3.66. The monoisotopic (exact) mass is 194 g/mol. The van der Waals surface area contributed by atoms with Gasteiger partial charge in [0.25, 0.3) is 0 Å². The summed E-state index contributed by atoms with van der Waals surface area (Å²) >= 11 is 0. The van der Waals surface area contributed by atoms with Crippen molar-refractivity contribution in [1.82, 2.24) is 0 Å². The summed E-state index contributed by atoms with van der Waals surface area (Å²) in [5, 5.41) is 0. The first kappa shape index (κ1) is 13.0. The van der Waals surface area contributed by atoms with Gasteiger partial charge in [-0.2, -0.15) is 0 Å². The zero-order valence-electron chi connectivity index (χ0n) is 9.84. The van der Waals surface area contributed by atoms with E-state index in [1.54, 1.807) is 7.11 Å². The average molecular weight is 194 g/mol. The molecule has 1 nitrogen and oxygen atoms in total. The zero-order chi connectivity index (χ0) is 10.8. The van der Waals surface area contributed by atoms with Crippen molar-refractivity contribution in [1.29, 1.82) is 0 Å². The van der Waals surface area contributed by atoms with Gasteiger partial charge in [-0.1, -0.05) is 39.3 Å². The predicted molar refractivity (Wildman–Crippen MR) is 63.0 cm³/mol. The second kappa shape index (κ2) is 8.61. The summed E-state index contributed by atoms with van der Waals surface area (Å²) in [5.41, 5.74) is 1.37. The second-order valence-electron chi connectivity index (χ2n) is 2.96. The second-order valence-corrected chi connectivity index (χ2v) is 2.96. The molecule has 0 spiro atoms. The fraction of sp³-hybridized carbons (Fsp3) is 0.538. The van der Waals surface area contributed by atoms with E-state index in [2.05, 4.69) is 19.1 Å². The topological polar surface area (TPSA) is 9.23 Å². The maximum Gasteiger partial charge on any atom is 0.119 e. The van der Waals surface area contributed by atoms with Crippen molar-refractivity contribution in [2.75, 3.05) is 7.11 Å². The van der Waals surface area contributed by atoms with Crippen LogP contribution in [0.2, 0.25) is 0 Å². The highest BCUT2D eigenvalue weighted by molar-refractivity contribution is 5.28. The van der Waals surface area contributed by atoms with E-state index in [4.69, 9.17) is 4.74 Å². The molecule has 0 heterocycles. The SMILES string of the molecule is CC.CCCCc1cccc(OC)c1. The maximum absolute atomic E-state index is 5.13. The van der Waals surface area contributed by atoms with Crippen molar-refractivity contribution < 1.29 is 4.74 Å². The molecule has 0 saturated carbocycles. The standard InChI is InChI=1S/C11H16O.C2H6/c1-3-4-6-10-7-5-8-11(9-10)12-2;1-2/h5,7-9H,3-4,6H2,1-2H3;1-2H3. The Morgan fingerprint density at radius 3 is 2.50 bits per heavy atom. The quantitative estimate of drug-likeness (QED) is 0.702. The summed E-state index contributed by atoms with van der Waals surface area (Å²) in [6, 6.07) is 8.28. The molecule has 0 aliphatic heterocycles. The smallest absolute Gasteiger partial charge is 0.119 e. The lowest BCUT2D eigenvalue weighted by atomic mass is 10.1. The largest absolute Gasteiger partial charge is 0.497 e. The number of aryl methyl sites for hydroxylation is 1. The lowest BCUT2D eigenvalue weighted by Crippen LogP contribution is -1.87. The number of methoxy groups -OCH3 is 1. The number of unbranched alkanes of at least 4 members (excludes halogenated alkanes) is 1. The molecule has 1 aromatic rings. The Morgan fingerprint density at radius 2 is 1.93 bits per heavy atom. The minimum atomic E-state index is 0.962. The first-order chi connectivity index (χ1) is 6.86.